The molecule has 1 aromatic carbocycles. The van der Waals surface area contributed by atoms with Gasteiger partial charge in [-0.3, -0.25) is 4.79 Å². The highest BCUT2D eigenvalue weighted by Gasteiger charge is 2.20. The van der Waals surface area contributed by atoms with E-state index in [1.165, 1.54) is 0 Å². The lowest BCUT2D eigenvalue weighted by atomic mass is 10.0. The van der Waals surface area contributed by atoms with Crippen molar-refractivity contribution in [2.75, 3.05) is 11.9 Å². The molecular weight excluding hydrogens is 164 g/mol. The molecule has 1 radical (unpaired) electrons. The molecule has 67 valence electrons. The van der Waals surface area contributed by atoms with Crippen molar-refractivity contribution in [2.24, 2.45) is 0 Å². The van der Waals surface area contributed by atoms with Crippen LogP contribution in [0, 0.1) is 0 Å². The molecule has 0 aromatic heterocycles. The van der Waals surface area contributed by atoms with Gasteiger partial charge < -0.3 is 10.6 Å². The van der Waals surface area contributed by atoms with Crippen LogP contribution in [0.15, 0.2) is 18.2 Å². The predicted molar refractivity (Wildman–Crippen MR) is 50.9 cm³/mol. The van der Waals surface area contributed by atoms with Crippen LogP contribution in [0.5, 0.6) is 0 Å². The van der Waals surface area contributed by atoms with Crippen molar-refractivity contribution in [3.8, 4) is 0 Å². The number of hydrogen-bond acceptors (Lipinski definition) is 1. The van der Waals surface area contributed by atoms with Gasteiger partial charge in [-0.05, 0) is 24.1 Å². The highest BCUT2D eigenvalue weighted by atomic mass is 16.2. The van der Waals surface area contributed by atoms with Crippen LogP contribution in [-0.4, -0.2) is 13.0 Å². The number of aryl methyl sites for hydroxylation is 1. The van der Waals surface area contributed by atoms with E-state index >= 15 is 0 Å². The zero-order valence-electron chi connectivity index (χ0n) is 7.50. The van der Waals surface area contributed by atoms with Crippen molar-refractivity contribution >= 4 is 17.3 Å². The molecule has 3 heteroatoms. The van der Waals surface area contributed by atoms with Crippen LogP contribution >= 0.6 is 0 Å². The van der Waals surface area contributed by atoms with E-state index in [4.69, 9.17) is 5.73 Å². The molecule has 1 aliphatic heterocycles. The Morgan fingerprint density at radius 1 is 1.38 bits per heavy atom. The van der Waals surface area contributed by atoms with Gasteiger partial charge in [-0.2, -0.15) is 0 Å². The zero-order valence-corrected chi connectivity index (χ0v) is 7.50. The summed E-state index contributed by atoms with van der Waals surface area (Å²) in [6.45, 7) is 0. The second-order valence-electron chi connectivity index (χ2n) is 3.30. The standard InChI is InChI=1S/C10H11N2O/c1-12-9-6-8(11)4-2-7(9)3-5-10(12)13/h2,4,6,11H,3,5H2,1H3. The quantitative estimate of drug-likeness (QED) is 0.589. The monoisotopic (exact) mass is 175 g/mol. The fourth-order valence-electron chi connectivity index (χ4n) is 1.63. The molecule has 13 heavy (non-hydrogen) atoms. The van der Waals surface area contributed by atoms with E-state index in [1.807, 2.05) is 6.07 Å². The minimum absolute atomic E-state index is 0.137. The molecule has 0 saturated carbocycles. The molecule has 3 nitrogen and oxygen atoms in total. The van der Waals surface area contributed by atoms with E-state index in [9.17, 15) is 4.79 Å². The number of nitrogens with one attached hydrogen (secondary N) is 1. The van der Waals surface area contributed by atoms with Crippen LogP contribution in [-0.2, 0) is 11.2 Å². The molecule has 0 spiro atoms. The van der Waals surface area contributed by atoms with Crippen molar-refractivity contribution in [1.82, 2.24) is 5.73 Å². The number of carbonyl (C=O) groups is 1. The maximum Gasteiger partial charge on any atom is 0.227 e. The molecule has 1 aromatic rings. The van der Waals surface area contributed by atoms with Gasteiger partial charge in [0.2, 0.25) is 5.91 Å². The first-order valence-electron chi connectivity index (χ1n) is 4.29. The van der Waals surface area contributed by atoms with E-state index < -0.39 is 0 Å². The molecular formula is C10H11N2O. The van der Waals surface area contributed by atoms with Crippen molar-refractivity contribution in [2.45, 2.75) is 12.8 Å². The van der Waals surface area contributed by atoms with Crippen LogP contribution in [0.2, 0.25) is 0 Å². The molecule has 0 unspecified atom stereocenters. The summed E-state index contributed by atoms with van der Waals surface area (Å²) in [5.74, 6) is 0.137. The van der Waals surface area contributed by atoms with E-state index in [-0.39, 0.29) is 5.91 Å². The summed E-state index contributed by atoms with van der Waals surface area (Å²) in [7, 11) is 1.76. The maximum atomic E-state index is 11.3. The van der Waals surface area contributed by atoms with Crippen LogP contribution in [0.1, 0.15) is 12.0 Å². The fraction of sp³-hybridized carbons (Fsp3) is 0.300. The summed E-state index contributed by atoms with van der Waals surface area (Å²) in [6.07, 6.45) is 1.39. The van der Waals surface area contributed by atoms with Crippen molar-refractivity contribution < 1.29 is 4.79 Å². The number of amides is 1. The summed E-state index contributed by atoms with van der Waals surface area (Å²) in [5.41, 5.74) is 9.97. The lowest BCUT2D eigenvalue weighted by molar-refractivity contribution is -0.118. The van der Waals surface area contributed by atoms with Crippen LogP contribution in [0.3, 0.4) is 0 Å². The summed E-state index contributed by atoms with van der Waals surface area (Å²) in [5, 5.41) is 0. The molecule has 2 rings (SSSR count). The predicted octanol–water partition coefficient (Wildman–Crippen LogP) is 1.51. The molecule has 1 amide bonds. The molecule has 1 heterocycles. The van der Waals surface area contributed by atoms with Gasteiger partial charge in [0.15, 0.2) is 0 Å². The zero-order chi connectivity index (χ0) is 9.42. The number of fused-ring (bicyclic) bond motifs is 1. The number of rotatable bonds is 0. The first-order valence-corrected chi connectivity index (χ1v) is 4.29. The molecule has 0 saturated heterocycles. The second kappa shape index (κ2) is 2.76. The number of anilines is 1. The van der Waals surface area contributed by atoms with E-state index in [1.54, 1.807) is 24.1 Å². The summed E-state index contributed by atoms with van der Waals surface area (Å²) < 4.78 is 0. The summed E-state index contributed by atoms with van der Waals surface area (Å²) in [4.78, 5) is 13.0. The minimum Gasteiger partial charge on any atom is -0.315 e. The first-order chi connectivity index (χ1) is 6.18. The van der Waals surface area contributed by atoms with Crippen LogP contribution < -0.4 is 10.6 Å². The summed E-state index contributed by atoms with van der Waals surface area (Å²) in [6, 6.07) is 5.44. The van der Waals surface area contributed by atoms with Gasteiger partial charge in [-0.15, -0.1) is 0 Å². The second-order valence-corrected chi connectivity index (χ2v) is 3.30. The average Bonchev–Trinajstić information content (AvgIpc) is 2.12. The van der Waals surface area contributed by atoms with Gasteiger partial charge in [0.25, 0.3) is 0 Å². The topological polar surface area (TPSA) is 44.1 Å². The van der Waals surface area contributed by atoms with Gasteiger partial charge in [0.05, 0.1) is 5.69 Å². The Morgan fingerprint density at radius 3 is 2.92 bits per heavy atom. The third kappa shape index (κ3) is 1.26. The smallest absolute Gasteiger partial charge is 0.227 e. The van der Waals surface area contributed by atoms with Gasteiger partial charge in [0, 0.05) is 19.2 Å². The van der Waals surface area contributed by atoms with Crippen molar-refractivity contribution in [1.29, 1.82) is 0 Å². The normalized spacial score (nSPS) is 15.8. The van der Waals surface area contributed by atoms with E-state index in [0.717, 1.165) is 17.7 Å². The number of benzene rings is 1. The first kappa shape index (κ1) is 8.10. The average molecular weight is 175 g/mol. The Balaban J connectivity index is 2.51. The van der Waals surface area contributed by atoms with Crippen molar-refractivity contribution in [3.05, 3.63) is 23.8 Å². The highest BCUT2D eigenvalue weighted by molar-refractivity contribution is 5.96. The van der Waals surface area contributed by atoms with E-state index in [0.29, 0.717) is 12.1 Å². The Morgan fingerprint density at radius 2 is 2.15 bits per heavy atom. The number of nitrogens with zero attached hydrogens (tertiary/aromatic N) is 1. The minimum atomic E-state index is 0.137. The summed E-state index contributed by atoms with van der Waals surface area (Å²) >= 11 is 0. The fourth-order valence-corrected chi connectivity index (χ4v) is 1.63. The molecule has 0 fully saturated rings. The van der Waals surface area contributed by atoms with E-state index in [2.05, 4.69) is 0 Å². The number of carbonyl (C=O) groups excluding carboxylic acids is 1. The third-order valence-corrected chi connectivity index (χ3v) is 2.43. The molecule has 1 aliphatic rings. The Bertz CT molecular complexity index is 360. The Labute approximate surface area is 77.1 Å². The third-order valence-electron chi connectivity index (χ3n) is 2.43. The van der Waals surface area contributed by atoms with Gasteiger partial charge in [-0.25, -0.2) is 0 Å². The molecule has 0 atom stereocenters. The lowest BCUT2D eigenvalue weighted by Crippen LogP contribution is -2.30. The largest absolute Gasteiger partial charge is 0.315 e. The number of hydrogen-bond donors (Lipinski definition) is 0. The molecule has 0 bridgehead atoms. The van der Waals surface area contributed by atoms with Gasteiger partial charge >= 0.3 is 0 Å². The Kier molecular flexibility index (Phi) is 1.72. The van der Waals surface area contributed by atoms with Gasteiger partial charge in [0.1, 0.15) is 0 Å². The SMILES string of the molecule is CN1C(=O)CCc2ccc([NH])cc21. The highest BCUT2D eigenvalue weighted by Crippen LogP contribution is 2.28. The van der Waals surface area contributed by atoms with Gasteiger partial charge in [-0.1, -0.05) is 6.07 Å². The Hall–Kier alpha value is -1.51. The van der Waals surface area contributed by atoms with Crippen LogP contribution in [0.4, 0.5) is 11.4 Å². The maximum absolute atomic E-state index is 11.3. The lowest BCUT2D eigenvalue weighted by Gasteiger charge is -2.25. The van der Waals surface area contributed by atoms with Crippen LogP contribution in [0.25, 0.3) is 0 Å². The molecule has 0 aliphatic carbocycles. The molecule has 1 N–H and O–H groups in total. The van der Waals surface area contributed by atoms with Crippen molar-refractivity contribution in [3.63, 3.8) is 0 Å².